The first kappa shape index (κ1) is 15.9. The number of hydrogen-bond acceptors (Lipinski definition) is 5. The van der Waals surface area contributed by atoms with Gasteiger partial charge in [-0.2, -0.15) is 0 Å². The fourth-order valence-electron chi connectivity index (χ4n) is 1.69. The normalized spacial score (nSPS) is 11.8. The molecule has 20 heavy (non-hydrogen) atoms. The summed E-state index contributed by atoms with van der Waals surface area (Å²) in [5.74, 6) is -0.488. The molecule has 0 saturated heterocycles. The van der Waals surface area contributed by atoms with Crippen molar-refractivity contribution in [2.45, 2.75) is 19.9 Å². The lowest BCUT2D eigenvalue weighted by atomic mass is 10.1. The highest BCUT2D eigenvalue weighted by atomic mass is 16.6. The van der Waals surface area contributed by atoms with Gasteiger partial charge in [0.05, 0.1) is 17.6 Å². The number of benzene rings is 1. The molecule has 0 heterocycles. The minimum absolute atomic E-state index is 0.0104. The SMILES string of the molecule is CCNc1ccc([N+](=O)[O-])c(C(=O)N(C)C(C)CO)c1. The second-order valence-corrected chi connectivity index (χ2v) is 4.47. The molecule has 1 aromatic rings. The van der Waals surface area contributed by atoms with Gasteiger partial charge in [-0.3, -0.25) is 14.9 Å². The van der Waals surface area contributed by atoms with Crippen LogP contribution in [0.2, 0.25) is 0 Å². The van der Waals surface area contributed by atoms with Crippen molar-refractivity contribution in [1.29, 1.82) is 0 Å². The molecule has 1 atom stereocenters. The van der Waals surface area contributed by atoms with Crippen LogP contribution in [0.5, 0.6) is 0 Å². The van der Waals surface area contributed by atoms with Crippen molar-refractivity contribution in [1.82, 2.24) is 4.90 Å². The van der Waals surface area contributed by atoms with Gasteiger partial charge in [-0.15, -0.1) is 0 Å². The lowest BCUT2D eigenvalue weighted by Gasteiger charge is -2.23. The van der Waals surface area contributed by atoms with Crippen LogP contribution in [0.4, 0.5) is 11.4 Å². The zero-order chi connectivity index (χ0) is 15.3. The average Bonchev–Trinajstić information content (AvgIpc) is 2.44. The predicted octanol–water partition coefficient (Wildman–Crippen LogP) is 1.48. The van der Waals surface area contributed by atoms with Crippen LogP contribution in [0.1, 0.15) is 24.2 Å². The molecule has 110 valence electrons. The largest absolute Gasteiger partial charge is 0.394 e. The van der Waals surface area contributed by atoms with Gasteiger partial charge in [0.2, 0.25) is 0 Å². The zero-order valence-electron chi connectivity index (χ0n) is 11.8. The zero-order valence-corrected chi connectivity index (χ0v) is 11.8. The Kier molecular flexibility index (Phi) is 5.45. The Labute approximate surface area is 117 Å². The van der Waals surface area contributed by atoms with Crippen LogP contribution in [0, 0.1) is 10.1 Å². The monoisotopic (exact) mass is 281 g/mol. The number of nitrogens with zero attached hydrogens (tertiary/aromatic N) is 2. The number of rotatable bonds is 6. The molecule has 2 N–H and O–H groups in total. The third kappa shape index (κ3) is 3.45. The first-order valence-electron chi connectivity index (χ1n) is 6.32. The van der Waals surface area contributed by atoms with E-state index < -0.39 is 16.9 Å². The van der Waals surface area contributed by atoms with Crippen LogP contribution in [-0.2, 0) is 0 Å². The fraction of sp³-hybridized carbons (Fsp3) is 0.462. The first-order chi connectivity index (χ1) is 9.42. The lowest BCUT2D eigenvalue weighted by Crippen LogP contribution is -2.37. The summed E-state index contributed by atoms with van der Waals surface area (Å²) < 4.78 is 0. The number of nitro groups is 1. The molecule has 0 bridgehead atoms. The Morgan fingerprint density at radius 1 is 1.55 bits per heavy atom. The van der Waals surface area contributed by atoms with E-state index in [9.17, 15) is 14.9 Å². The molecule has 1 unspecified atom stereocenters. The van der Waals surface area contributed by atoms with Crippen molar-refractivity contribution in [2.24, 2.45) is 0 Å². The van der Waals surface area contributed by atoms with Crippen LogP contribution >= 0.6 is 0 Å². The second kappa shape index (κ2) is 6.85. The molecule has 7 nitrogen and oxygen atoms in total. The number of aliphatic hydroxyl groups excluding tert-OH is 1. The quantitative estimate of drug-likeness (QED) is 0.608. The number of hydrogen-bond donors (Lipinski definition) is 2. The van der Waals surface area contributed by atoms with Crippen LogP contribution in [0.15, 0.2) is 18.2 Å². The summed E-state index contributed by atoms with van der Waals surface area (Å²) in [6, 6.07) is 3.92. The number of aliphatic hydroxyl groups is 1. The highest BCUT2D eigenvalue weighted by Gasteiger charge is 2.25. The van der Waals surface area contributed by atoms with Crippen molar-refractivity contribution in [3.63, 3.8) is 0 Å². The van der Waals surface area contributed by atoms with Crippen molar-refractivity contribution < 1.29 is 14.8 Å². The summed E-state index contributed by atoms with van der Waals surface area (Å²) >= 11 is 0. The van der Waals surface area contributed by atoms with Crippen molar-refractivity contribution in [3.8, 4) is 0 Å². The fourth-order valence-corrected chi connectivity index (χ4v) is 1.69. The van der Waals surface area contributed by atoms with E-state index in [1.54, 1.807) is 13.0 Å². The molecule has 0 aromatic heterocycles. The van der Waals surface area contributed by atoms with Gasteiger partial charge in [0, 0.05) is 25.3 Å². The minimum Gasteiger partial charge on any atom is -0.394 e. The number of nitro benzene ring substituents is 1. The molecule has 7 heteroatoms. The van der Waals surface area contributed by atoms with E-state index >= 15 is 0 Å². The molecule has 0 spiro atoms. The second-order valence-electron chi connectivity index (χ2n) is 4.47. The number of nitrogens with one attached hydrogen (secondary N) is 1. The maximum Gasteiger partial charge on any atom is 0.282 e. The first-order valence-corrected chi connectivity index (χ1v) is 6.32. The molecule has 1 aromatic carbocycles. The maximum atomic E-state index is 12.3. The molecule has 0 aliphatic carbocycles. The van der Waals surface area contributed by atoms with E-state index in [0.29, 0.717) is 12.2 Å². The van der Waals surface area contributed by atoms with Gasteiger partial charge in [-0.25, -0.2) is 0 Å². The van der Waals surface area contributed by atoms with Crippen LogP contribution < -0.4 is 5.32 Å². The molecule has 0 saturated carbocycles. The lowest BCUT2D eigenvalue weighted by molar-refractivity contribution is -0.385. The molecule has 1 rings (SSSR count). The van der Waals surface area contributed by atoms with E-state index in [1.807, 2.05) is 6.92 Å². The molecule has 0 aliphatic rings. The van der Waals surface area contributed by atoms with E-state index in [-0.39, 0.29) is 17.9 Å². The minimum atomic E-state index is -0.583. The maximum absolute atomic E-state index is 12.3. The van der Waals surface area contributed by atoms with Gasteiger partial charge >= 0.3 is 0 Å². The van der Waals surface area contributed by atoms with Crippen LogP contribution in [0.25, 0.3) is 0 Å². The Hall–Kier alpha value is -2.15. The smallest absolute Gasteiger partial charge is 0.282 e. The number of carbonyl (C=O) groups excluding carboxylic acids is 1. The summed E-state index contributed by atoms with van der Waals surface area (Å²) in [7, 11) is 1.51. The Balaban J connectivity index is 3.21. The molecular weight excluding hydrogens is 262 g/mol. The van der Waals surface area contributed by atoms with Gasteiger partial charge in [0.25, 0.3) is 11.6 Å². The average molecular weight is 281 g/mol. The number of likely N-dealkylation sites (N-methyl/N-ethyl adjacent to an activating group) is 1. The molecule has 0 radical (unpaired) electrons. The Bertz CT molecular complexity index is 504. The summed E-state index contributed by atoms with van der Waals surface area (Å²) in [4.78, 5) is 24.0. The third-order valence-corrected chi connectivity index (χ3v) is 3.05. The summed E-state index contributed by atoms with van der Waals surface area (Å²) in [6.07, 6.45) is 0. The molecule has 1 amide bonds. The van der Waals surface area contributed by atoms with Gasteiger partial charge in [0.1, 0.15) is 5.56 Å². The highest BCUT2D eigenvalue weighted by Crippen LogP contribution is 2.24. The van der Waals surface area contributed by atoms with Crippen molar-refractivity contribution >= 4 is 17.3 Å². The van der Waals surface area contributed by atoms with Crippen LogP contribution in [0.3, 0.4) is 0 Å². The van der Waals surface area contributed by atoms with Crippen molar-refractivity contribution in [3.05, 3.63) is 33.9 Å². The molecular formula is C13H19N3O4. The third-order valence-electron chi connectivity index (χ3n) is 3.05. The Morgan fingerprint density at radius 2 is 2.20 bits per heavy atom. The standard InChI is InChI=1S/C13H19N3O4/c1-4-14-10-5-6-12(16(19)20)11(7-10)13(18)15(3)9(2)8-17/h5-7,9,14,17H,4,8H2,1-3H3. The molecule has 0 aliphatic heterocycles. The summed E-state index contributed by atoms with van der Waals surface area (Å²) in [6.45, 7) is 4.00. The van der Waals surface area contributed by atoms with E-state index in [1.165, 1.54) is 24.1 Å². The number of amides is 1. The predicted molar refractivity (Wildman–Crippen MR) is 75.9 cm³/mol. The van der Waals surface area contributed by atoms with E-state index in [2.05, 4.69) is 5.32 Å². The summed E-state index contributed by atoms with van der Waals surface area (Å²) in [5, 5.41) is 23.1. The van der Waals surface area contributed by atoms with E-state index in [0.717, 1.165) is 0 Å². The van der Waals surface area contributed by atoms with Gasteiger partial charge < -0.3 is 15.3 Å². The summed E-state index contributed by atoms with van der Waals surface area (Å²) in [5.41, 5.74) is 0.413. The Morgan fingerprint density at radius 3 is 2.70 bits per heavy atom. The molecule has 0 fully saturated rings. The van der Waals surface area contributed by atoms with Gasteiger partial charge in [-0.1, -0.05) is 0 Å². The van der Waals surface area contributed by atoms with Crippen molar-refractivity contribution in [2.75, 3.05) is 25.5 Å². The number of anilines is 1. The van der Waals surface area contributed by atoms with Gasteiger partial charge in [0.15, 0.2) is 0 Å². The van der Waals surface area contributed by atoms with E-state index in [4.69, 9.17) is 5.11 Å². The highest BCUT2D eigenvalue weighted by molar-refractivity contribution is 5.99. The van der Waals surface area contributed by atoms with Gasteiger partial charge in [-0.05, 0) is 26.0 Å². The number of carbonyl (C=O) groups is 1. The van der Waals surface area contributed by atoms with Crippen LogP contribution in [-0.4, -0.2) is 47.1 Å². The topological polar surface area (TPSA) is 95.7 Å².